The molecule has 4 nitrogen and oxygen atoms in total. The number of carbonyl (C=O) groups is 1. The van der Waals surface area contributed by atoms with E-state index in [1.54, 1.807) is 0 Å². The van der Waals surface area contributed by atoms with E-state index < -0.39 is 0 Å². The van der Waals surface area contributed by atoms with Crippen molar-refractivity contribution in [2.24, 2.45) is 0 Å². The van der Waals surface area contributed by atoms with Gasteiger partial charge in [-0.3, -0.25) is 4.79 Å². The van der Waals surface area contributed by atoms with Crippen molar-refractivity contribution >= 4 is 22.5 Å². The van der Waals surface area contributed by atoms with Crippen LogP contribution in [-0.2, 0) is 0 Å². The molecular formula is C18H18N2O2. The predicted molar refractivity (Wildman–Crippen MR) is 88.6 cm³/mol. The Morgan fingerprint density at radius 3 is 2.82 bits per heavy atom. The molecular weight excluding hydrogens is 276 g/mol. The first-order chi connectivity index (χ1) is 10.7. The second-order valence-corrected chi connectivity index (χ2v) is 5.16. The van der Waals surface area contributed by atoms with E-state index in [9.17, 15) is 4.79 Å². The fourth-order valence-corrected chi connectivity index (χ4v) is 2.42. The summed E-state index contributed by atoms with van der Waals surface area (Å²) in [7, 11) is 0. The third-order valence-corrected chi connectivity index (χ3v) is 3.46. The second-order valence-electron chi connectivity index (χ2n) is 5.16. The smallest absolute Gasteiger partial charge is 0.272 e. The van der Waals surface area contributed by atoms with E-state index >= 15 is 0 Å². The Bertz CT molecular complexity index is 821. The average molecular weight is 294 g/mol. The monoisotopic (exact) mass is 294 g/mol. The minimum Gasteiger partial charge on any atom is -0.492 e. The van der Waals surface area contributed by atoms with Crippen LogP contribution < -0.4 is 10.1 Å². The van der Waals surface area contributed by atoms with Gasteiger partial charge < -0.3 is 15.0 Å². The Labute approximate surface area is 129 Å². The van der Waals surface area contributed by atoms with Crippen LogP contribution in [0.2, 0.25) is 0 Å². The highest BCUT2D eigenvalue weighted by Gasteiger charge is 2.12. The van der Waals surface area contributed by atoms with Crippen LogP contribution in [0.15, 0.2) is 48.5 Å². The predicted octanol–water partition coefficient (Wildman–Crippen LogP) is 4.13. The van der Waals surface area contributed by atoms with Crippen molar-refractivity contribution in [3.63, 3.8) is 0 Å². The van der Waals surface area contributed by atoms with Gasteiger partial charge >= 0.3 is 0 Å². The highest BCUT2D eigenvalue weighted by molar-refractivity contribution is 6.06. The number of aromatic amines is 1. The number of para-hydroxylation sites is 2. The Morgan fingerprint density at radius 1 is 1.18 bits per heavy atom. The Hall–Kier alpha value is -2.75. The molecule has 112 valence electrons. The number of aryl methyl sites for hydroxylation is 1. The molecule has 0 spiro atoms. The van der Waals surface area contributed by atoms with Gasteiger partial charge in [-0.1, -0.05) is 23.8 Å². The van der Waals surface area contributed by atoms with Gasteiger partial charge in [0.05, 0.1) is 12.3 Å². The van der Waals surface area contributed by atoms with Crippen molar-refractivity contribution < 1.29 is 9.53 Å². The van der Waals surface area contributed by atoms with E-state index in [2.05, 4.69) is 16.4 Å². The van der Waals surface area contributed by atoms with Crippen molar-refractivity contribution in [1.29, 1.82) is 0 Å². The lowest BCUT2D eigenvalue weighted by atomic mass is 10.2. The quantitative estimate of drug-likeness (QED) is 0.760. The van der Waals surface area contributed by atoms with Gasteiger partial charge in [0.25, 0.3) is 5.91 Å². The molecule has 0 aliphatic rings. The molecule has 2 aromatic carbocycles. The molecule has 0 fully saturated rings. The van der Waals surface area contributed by atoms with Gasteiger partial charge in [0.15, 0.2) is 0 Å². The van der Waals surface area contributed by atoms with Gasteiger partial charge in [-0.05, 0) is 44.2 Å². The number of hydrogen-bond acceptors (Lipinski definition) is 2. The maximum atomic E-state index is 12.4. The lowest BCUT2D eigenvalue weighted by molar-refractivity contribution is 0.102. The SMILES string of the molecule is CCOc1ccccc1NC(=O)c1cc2cc(C)ccc2[nH]1. The number of H-pyrrole nitrogens is 1. The van der Waals surface area contributed by atoms with E-state index in [-0.39, 0.29) is 5.91 Å². The summed E-state index contributed by atoms with van der Waals surface area (Å²) in [4.78, 5) is 15.6. The van der Waals surface area contributed by atoms with Crippen LogP contribution in [0, 0.1) is 6.92 Å². The summed E-state index contributed by atoms with van der Waals surface area (Å²) < 4.78 is 5.52. The number of carbonyl (C=O) groups excluding carboxylic acids is 1. The lowest BCUT2D eigenvalue weighted by Crippen LogP contribution is -2.13. The van der Waals surface area contributed by atoms with Crippen molar-refractivity contribution in [3.05, 3.63) is 59.8 Å². The van der Waals surface area contributed by atoms with Gasteiger partial charge in [0, 0.05) is 10.9 Å². The van der Waals surface area contributed by atoms with Gasteiger partial charge in [-0.2, -0.15) is 0 Å². The number of anilines is 1. The van der Waals surface area contributed by atoms with Crippen LogP contribution in [-0.4, -0.2) is 17.5 Å². The molecule has 1 amide bonds. The number of rotatable bonds is 4. The summed E-state index contributed by atoms with van der Waals surface area (Å²) in [6.07, 6.45) is 0. The number of hydrogen-bond donors (Lipinski definition) is 2. The maximum absolute atomic E-state index is 12.4. The van der Waals surface area contributed by atoms with Crippen molar-refractivity contribution in [2.75, 3.05) is 11.9 Å². The zero-order valence-corrected chi connectivity index (χ0v) is 12.6. The van der Waals surface area contributed by atoms with Crippen molar-refractivity contribution in [2.45, 2.75) is 13.8 Å². The molecule has 4 heteroatoms. The molecule has 3 aromatic rings. The number of nitrogens with one attached hydrogen (secondary N) is 2. The second kappa shape index (κ2) is 5.93. The fraction of sp³-hybridized carbons (Fsp3) is 0.167. The van der Waals surface area contributed by atoms with Gasteiger partial charge in [-0.25, -0.2) is 0 Å². The first-order valence-corrected chi connectivity index (χ1v) is 7.30. The van der Waals surface area contributed by atoms with Crippen LogP contribution in [0.1, 0.15) is 23.0 Å². The van der Waals surface area contributed by atoms with Gasteiger partial charge in [0.2, 0.25) is 0 Å². The van der Waals surface area contributed by atoms with Crippen LogP contribution in [0.5, 0.6) is 5.75 Å². The number of aromatic nitrogens is 1. The summed E-state index contributed by atoms with van der Waals surface area (Å²) in [6, 6.07) is 15.3. The molecule has 3 rings (SSSR count). The van der Waals surface area contributed by atoms with Crippen molar-refractivity contribution in [1.82, 2.24) is 4.98 Å². The third-order valence-electron chi connectivity index (χ3n) is 3.46. The molecule has 1 heterocycles. The summed E-state index contributed by atoms with van der Waals surface area (Å²) in [5, 5.41) is 3.92. The molecule has 0 unspecified atom stereocenters. The zero-order valence-electron chi connectivity index (χ0n) is 12.6. The number of ether oxygens (including phenoxy) is 1. The third kappa shape index (κ3) is 2.81. The molecule has 1 aromatic heterocycles. The summed E-state index contributed by atoms with van der Waals surface area (Å²) in [5.74, 6) is 0.492. The van der Waals surface area contributed by atoms with E-state index in [1.807, 2.05) is 56.3 Å². The topological polar surface area (TPSA) is 54.1 Å². The van der Waals surface area contributed by atoms with E-state index in [0.29, 0.717) is 23.7 Å². The van der Waals surface area contributed by atoms with E-state index in [4.69, 9.17) is 4.74 Å². The minimum atomic E-state index is -0.180. The molecule has 0 radical (unpaired) electrons. The Morgan fingerprint density at radius 2 is 2.00 bits per heavy atom. The largest absolute Gasteiger partial charge is 0.492 e. The highest BCUT2D eigenvalue weighted by atomic mass is 16.5. The molecule has 0 saturated carbocycles. The van der Waals surface area contributed by atoms with E-state index in [1.165, 1.54) is 5.56 Å². The average Bonchev–Trinajstić information content (AvgIpc) is 2.92. The molecule has 22 heavy (non-hydrogen) atoms. The Kier molecular flexibility index (Phi) is 3.83. The summed E-state index contributed by atoms with van der Waals surface area (Å²) >= 11 is 0. The first kappa shape index (κ1) is 14.2. The van der Waals surface area contributed by atoms with Crippen LogP contribution >= 0.6 is 0 Å². The molecule has 0 bridgehead atoms. The van der Waals surface area contributed by atoms with Gasteiger partial charge in [0.1, 0.15) is 11.4 Å². The van der Waals surface area contributed by atoms with Crippen LogP contribution in [0.4, 0.5) is 5.69 Å². The van der Waals surface area contributed by atoms with Crippen LogP contribution in [0.3, 0.4) is 0 Å². The highest BCUT2D eigenvalue weighted by Crippen LogP contribution is 2.25. The van der Waals surface area contributed by atoms with E-state index in [0.717, 1.165) is 10.9 Å². The minimum absolute atomic E-state index is 0.180. The maximum Gasteiger partial charge on any atom is 0.272 e. The molecule has 0 atom stereocenters. The normalized spacial score (nSPS) is 10.6. The number of benzene rings is 2. The molecule has 2 N–H and O–H groups in total. The molecule has 0 aliphatic heterocycles. The molecule has 0 aliphatic carbocycles. The number of amides is 1. The zero-order chi connectivity index (χ0) is 15.5. The Balaban J connectivity index is 1.87. The molecule has 0 saturated heterocycles. The first-order valence-electron chi connectivity index (χ1n) is 7.30. The lowest BCUT2D eigenvalue weighted by Gasteiger charge is -2.10. The summed E-state index contributed by atoms with van der Waals surface area (Å²) in [5.41, 5.74) is 3.32. The summed E-state index contributed by atoms with van der Waals surface area (Å²) in [6.45, 7) is 4.50. The number of fused-ring (bicyclic) bond motifs is 1. The van der Waals surface area contributed by atoms with Gasteiger partial charge in [-0.15, -0.1) is 0 Å². The fourth-order valence-electron chi connectivity index (χ4n) is 2.42. The van der Waals surface area contributed by atoms with Crippen molar-refractivity contribution in [3.8, 4) is 5.75 Å². The van der Waals surface area contributed by atoms with Crippen LogP contribution in [0.25, 0.3) is 10.9 Å². The standard InChI is InChI=1S/C18H18N2O2/c1-3-22-17-7-5-4-6-15(17)20-18(21)16-11-13-10-12(2)8-9-14(13)19-16/h4-11,19H,3H2,1-2H3,(H,20,21).